The van der Waals surface area contributed by atoms with E-state index in [2.05, 4.69) is 55.5 Å². The summed E-state index contributed by atoms with van der Waals surface area (Å²) in [5.41, 5.74) is 3.28. The van der Waals surface area contributed by atoms with Crippen LogP contribution in [0.15, 0.2) is 18.9 Å². The van der Waals surface area contributed by atoms with Crippen molar-refractivity contribution in [1.29, 1.82) is 0 Å². The Kier molecular flexibility index (Phi) is 7.35. The number of nitrogens with one attached hydrogen (secondary N) is 1. The van der Waals surface area contributed by atoms with Crippen molar-refractivity contribution in [2.75, 3.05) is 19.5 Å². The first-order chi connectivity index (χ1) is 19.7. The molecule has 2 fully saturated rings. The van der Waals surface area contributed by atoms with Crippen molar-refractivity contribution in [3.05, 3.63) is 40.7 Å². The zero-order valence-corrected chi connectivity index (χ0v) is 27.3. The maximum Gasteiger partial charge on any atom is 0.296 e. The van der Waals surface area contributed by atoms with E-state index in [-0.39, 0.29) is 48.6 Å². The first-order valence-electron chi connectivity index (χ1n) is 14.0. The summed E-state index contributed by atoms with van der Waals surface area (Å²) < 4.78 is 52.0. The number of hydrogen-bond acceptors (Lipinski definition) is 9. The van der Waals surface area contributed by atoms with Gasteiger partial charge in [0.25, 0.3) is 6.01 Å². The minimum atomic E-state index is -3.32. The second-order valence-electron chi connectivity index (χ2n) is 12.7. The number of ether oxygens (including phenoxy) is 3. The standard InChI is InChI=1S/C27H37ClN6O6SSi/c1-8-9-16-20(28)25(34-11-15-10-33(41(5,35)36)12-17(15)32-34)30-24-21(16)29-26(31-24)39-18-13-37-23-19(14-38-22(18)23)40-42(6,7)27(2,3)4/h8,11,18-19,22-23H,1,9-10,12-14H2,2-7H3,(H,29,30,31)/t18-,19-,22-,23-/m1/s1. The highest BCUT2D eigenvalue weighted by molar-refractivity contribution is 7.88. The normalized spacial score (nSPS) is 24.8. The maximum atomic E-state index is 12.0. The topological polar surface area (TPSA) is 134 Å². The molecule has 6 rings (SSSR count). The predicted molar refractivity (Wildman–Crippen MR) is 160 cm³/mol. The average molecular weight is 637 g/mol. The third-order valence-electron chi connectivity index (χ3n) is 8.70. The van der Waals surface area contributed by atoms with E-state index in [0.29, 0.717) is 47.3 Å². The van der Waals surface area contributed by atoms with Crippen LogP contribution >= 0.6 is 11.6 Å². The van der Waals surface area contributed by atoms with Gasteiger partial charge in [0.1, 0.15) is 12.2 Å². The third kappa shape index (κ3) is 5.20. The number of nitrogens with zero attached hydrogens (tertiary/aromatic N) is 5. The van der Waals surface area contributed by atoms with Crippen molar-refractivity contribution in [2.45, 2.75) is 82.8 Å². The van der Waals surface area contributed by atoms with E-state index in [0.717, 1.165) is 11.1 Å². The molecule has 2 saturated heterocycles. The largest absolute Gasteiger partial charge is 0.456 e. The number of sulfonamides is 1. The number of halogens is 1. The highest BCUT2D eigenvalue weighted by Gasteiger charge is 2.52. The molecule has 0 aromatic carbocycles. The van der Waals surface area contributed by atoms with Crippen LogP contribution in [0.1, 0.15) is 37.6 Å². The molecule has 0 spiro atoms. The molecule has 228 valence electrons. The lowest BCUT2D eigenvalue weighted by molar-refractivity contribution is 0.0116. The summed E-state index contributed by atoms with van der Waals surface area (Å²) >= 11 is 6.86. The number of aromatic amines is 1. The Morgan fingerprint density at radius 2 is 1.88 bits per heavy atom. The smallest absolute Gasteiger partial charge is 0.296 e. The van der Waals surface area contributed by atoms with Gasteiger partial charge in [-0.1, -0.05) is 38.4 Å². The SMILES string of the molecule is C=CCc1c(Cl)c(-n2cc3c(n2)CN(S(C)(=O)=O)C3)nc2nc(O[C@@H]3CO[C@H]4[C@@H]3OC[C@H]4O[Si](C)(C)C(C)(C)C)[nH]c12. The van der Waals surface area contributed by atoms with Crippen LogP contribution in [-0.4, -0.2) is 89.7 Å². The zero-order valence-electron chi connectivity index (χ0n) is 24.7. The number of hydrogen-bond donors (Lipinski definition) is 1. The molecule has 3 aliphatic heterocycles. The number of allylic oxidation sites excluding steroid dienone is 1. The van der Waals surface area contributed by atoms with Crippen LogP contribution in [-0.2, 0) is 43.4 Å². The molecule has 0 unspecified atom stereocenters. The van der Waals surface area contributed by atoms with Gasteiger partial charge in [-0.05, 0) is 24.6 Å². The lowest BCUT2D eigenvalue weighted by Gasteiger charge is -2.39. The summed E-state index contributed by atoms with van der Waals surface area (Å²) in [4.78, 5) is 12.6. The first kappa shape index (κ1) is 29.7. The predicted octanol–water partition coefficient (Wildman–Crippen LogP) is 3.74. The van der Waals surface area contributed by atoms with E-state index < -0.39 is 18.3 Å². The highest BCUT2D eigenvalue weighted by atomic mass is 35.5. The summed E-state index contributed by atoms with van der Waals surface area (Å²) in [6.45, 7) is 16.3. The number of H-pyrrole nitrogens is 1. The van der Waals surface area contributed by atoms with Crippen LogP contribution in [0.25, 0.3) is 17.0 Å². The van der Waals surface area contributed by atoms with E-state index in [9.17, 15) is 8.42 Å². The molecule has 15 heteroatoms. The second-order valence-corrected chi connectivity index (χ2v) is 19.8. The molecule has 3 aromatic heterocycles. The summed E-state index contributed by atoms with van der Waals surface area (Å²) in [7, 11) is -5.32. The number of rotatable bonds is 8. The average Bonchev–Trinajstić information content (AvgIpc) is 3.67. The van der Waals surface area contributed by atoms with E-state index in [4.69, 9.17) is 35.2 Å². The third-order valence-corrected chi connectivity index (χ3v) is 14.8. The van der Waals surface area contributed by atoms with Crippen LogP contribution in [0.2, 0.25) is 23.2 Å². The number of fused-ring (bicyclic) bond motifs is 3. The number of pyridine rings is 1. The lowest BCUT2D eigenvalue weighted by Crippen LogP contribution is -2.47. The van der Waals surface area contributed by atoms with Gasteiger partial charge in [0.05, 0.1) is 48.4 Å². The molecule has 0 saturated carbocycles. The van der Waals surface area contributed by atoms with Crippen LogP contribution in [0, 0.1) is 0 Å². The number of imidazole rings is 1. The highest BCUT2D eigenvalue weighted by Crippen LogP contribution is 2.41. The zero-order chi connectivity index (χ0) is 30.2. The first-order valence-corrected chi connectivity index (χ1v) is 19.1. The minimum absolute atomic E-state index is 0.0803. The Bertz CT molecular complexity index is 1630. The molecule has 42 heavy (non-hydrogen) atoms. The Morgan fingerprint density at radius 3 is 2.52 bits per heavy atom. The van der Waals surface area contributed by atoms with Crippen molar-refractivity contribution in [2.24, 2.45) is 0 Å². The Balaban J connectivity index is 1.24. The molecule has 12 nitrogen and oxygen atoms in total. The minimum Gasteiger partial charge on any atom is -0.456 e. The quantitative estimate of drug-likeness (QED) is 0.290. The summed E-state index contributed by atoms with van der Waals surface area (Å²) in [6, 6.07) is 0.286. The molecular formula is C27H37ClN6O6SSi. The van der Waals surface area contributed by atoms with Crippen LogP contribution in [0.3, 0.4) is 0 Å². The summed E-state index contributed by atoms with van der Waals surface area (Å²) in [6.07, 6.45) is 4.19. The van der Waals surface area contributed by atoms with Crippen molar-refractivity contribution < 1.29 is 27.1 Å². The molecule has 0 bridgehead atoms. The fourth-order valence-corrected chi connectivity index (χ4v) is 7.71. The molecular weight excluding hydrogens is 600 g/mol. The number of aromatic nitrogens is 5. The van der Waals surface area contributed by atoms with E-state index in [1.54, 1.807) is 17.0 Å². The Labute approximate surface area is 251 Å². The molecule has 0 aliphatic carbocycles. The van der Waals surface area contributed by atoms with E-state index >= 15 is 0 Å². The molecule has 6 heterocycles. The van der Waals surface area contributed by atoms with Crippen molar-refractivity contribution in [1.82, 2.24) is 29.0 Å². The van der Waals surface area contributed by atoms with Crippen LogP contribution < -0.4 is 4.74 Å². The molecule has 0 radical (unpaired) electrons. The monoisotopic (exact) mass is 636 g/mol. The van der Waals surface area contributed by atoms with Crippen LogP contribution in [0.4, 0.5) is 0 Å². The van der Waals surface area contributed by atoms with Crippen molar-refractivity contribution >= 4 is 41.1 Å². The van der Waals surface area contributed by atoms with Gasteiger partial charge in [-0.15, -0.1) is 6.58 Å². The molecule has 1 N–H and O–H groups in total. The summed E-state index contributed by atoms with van der Waals surface area (Å²) in [5.74, 6) is 0.397. The van der Waals surface area contributed by atoms with Gasteiger partial charge in [-0.3, -0.25) is 0 Å². The molecule has 3 aliphatic rings. The van der Waals surface area contributed by atoms with Gasteiger partial charge in [-0.25, -0.2) is 18.1 Å². The summed E-state index contributed by atoms with van der Waals surface area (Å²) in [5, 5.41) is 5.07. The van der Waals surface area contributed by atoms with Gasteiger partial charge < -0.3 is 23.6 Å². The molecule has 0 amide bonds. The molecule has 4 atom stereocenters. The van der Waals surface area contributed by atoms with Gasteiger partial charge in [0.2, 0.25) is 10.0 Å². The lowest BCUT2D eigenvalue weighted by atomic mass is 10.1. The van der Waals surface area contributed by atoms with Gasteiger partial charge in [-0.2, -0.15) is 14.4 Å². The van der Waals surface area contributed by atoms with Gasteiger partial charge in [0, 0.05) is 23.9 Å². The fraction of sp³-hybridized carbons (Fsp3) is 0.593. The van der Waals surface area contributed by atoms with E-state index in [1.807, 2.05) is 0 Å². The second kappa shape index (κ2) is 10.4. The fourth-order valence-electron chi connectivity index (χ4n) is 5.37. The van der Waals surface area contributed by atoms with Crippen LogP contribution in [0.5, 0.6) is 6.01 Å². The Morgan fingerprint density at radius 1 is 1.19 bits per heavy atom. The van der Waals surface area contributed by atoms with Gasteiger partial charge >= 0.3 is 0 Å². The van der Waals surface area contributed by atoms with E-state index in [1.165, 1.54) is 10.6 Å². The van der Waals surface area contributed by atoms with Crippen molar-refractivity contribution in [3.63, 3.8) is 0 Å². The Hall–Kier alpha value is -2.33. The molecule has 3 aromatic rings. The van der Waals surface area contributed by atoms with Gasteiger partial charge in [0.15, 0.2) is 25.9 Å². The van der Waals surface area contributed by atoms with Crippen molar-refractivity contribution in [3.8, 4) is 11.8 Å². The maximum absolute atomic E-state index is 12.0.